The van der Waals surface area contributed by atoms with E-state index in [0.29, 0.717) is 25.3 Å². The van der Waals surface area contributed by atoms with Crippen molar-refractivity contribution in [2.75, 3.05) is 19.5 Å². The molecule has 0 radical (unpaired) electrons. The standard InChI is InChI=1S/C14H25NO4S/c1-14(2,3)15-10-12-6-7-13(19-12)11-20(16,17)9-5-8-18-4/h6-7,15H,5,8-11H2,1-4H3. The second-order valence-electron chi connectivity index (χ2n) is 5.91. The summed E-state index contributed by atoms with van der Waals surface area (Å²) in [4.78, 5) is 0. The van der Waals surface area contributed by atoms with Crippen molar-refractivity contribution in [2.24, 2.45) is 0 Å². The third kappa shape index (κ3) is 7.07. The van der Waals surface area contributed by atoms with Crippen LogP contribution in [0.25, 0.3) is 0 Å². The number of sulfone groups is 1. The molecule has 20 heavy (non-hydrogen) atoms. The van der Waals surface area contributed by atoms with Crippen LogP contribution in [0.4, 0.5) is 0 Å². The average Bonchev–Trinajstić information content (AvgIpc) is 2.72. The maximum atomic E-state index is 11.9. The van der Waals surface area contributed by atoms with E-state index in [1.165, 1.54) is 0 Å². The fourth-order valence-electron chi connectivity index (χ4n) is 1.66. The van der Waals surface area contributed by atoms with Crippen molar-refractivity contribution >= 4 is 9.84 Å². The highest BCUT2D eigenvalue weighted by atomic mass is 32.2. The first-order chi connectivity index (χ1) is 9.22. The number of methoxy groups -OCH3 is 1. The highest BCUT2D eigenvalue weighted by Gasteiger charge is 2.15. The molecule has 1 aromatic heterocycles. The van der Waals surface area contributed by atoms with Crippen LogP contribution in [0.15, 0.2) is 16.5 Å². The first-order valence-electron chi connectivity index (χ1n) is 6.74. The minimum Gasteiger partial charge on any atom is -0.464 e. The Hall–Kier alpha value is -0.850. The third-order valence-corrected chi connectivity index (χ3v) is 4.31. The molecule has 1 aromatic rings. The van der Waals surface area contributed by atoms with Gasteiger partial charge < -0.3 is 14.5 Å². The van der Waals surface area contributed by atoms with E-state index >= 15 is 0 Å². The average molecular weight is 303 g/mol. The monoisotopic (exact) mass is 303 g/mol. The van der Waals surface area contributed by atoms with E-state index < -0.39 is 9.84 Å². The number of furan rings is 1. The van der Waals surface area contributed by atoms with E-state index in [9.17, 15) is 8.42 Å². The molecule has 0 bridgehead atoms. The van der Waals surface area contributed by atoms with Gasteiger partial charge in [-0.1, -0.05) is 0 Å². The Bertz CT molecular complexity index is 499. The van der Waals surface area contributed by atoms with Crippen LogP contribution in [0.3, 0.4) is 0 Å². The third-order valence-electron chi connectivity index (χ3n) is 2.68. The van der Waals surface area contributed by atoms with E-state index in [1.807, 2.05) is 6.07 Å². The van der Waals surface area contributed by atoms with Gasteiger partial charge in [-0.05, 0) is 39.3 Å². The molecular formula is C14H25NO4S. The van der Waals surface area contributed by atoms with E-state index in [4.69, 9.17) is 9.15 Å². The van der Waals surface area contributed by atoms with Gasteiger partial charge in [-0.25, -0.2) is 8.42 Å². The van der Waals surface area contributed by atoms with Gasteiger partial charge in [0.05, 0.1) is 12.3 Å². The van der Waals surface area contributed by atoms with Crippen molar-refractivity contribution in [1.29, 1.82) is 0 Å². The Kier molecular flexibility index (Phi) is 6.23. The van der Waals surface area contributed by atoms with Crippen molar-refractivity contribution < 1.29 is 17.6 Å². The van der Waals surface area contributed by atoms with Crippen LogP contribution in [-0.2, 0) is 26.9 Å². The van der Waals surface area contributed by atoms with Gasteiger partial charge in [-0.2, -0.15) is 0 Å². The minimum absolute atomic E-state index is 0.000811. The zero-order valence-corrected chi connectivity index (χ0v) is 13.5. The van der Waals surface area contributed by atoms with Crippen LogP contribution in [0, 0.1) is 0 Å². The van der Waals surface area contributed by atoms with Crippen molar-refractivity contribution in [3.8, 4) is 0 Å². The minimum atomic E-state index is -3.13. The van der Waals surface area contributed by atoms with Gasteiger partial charge in [0.1, 0.15) is 17.3 Å². The normalized spacial score (nSPS) is 12.8. The number of hydrogen-bond acceptors (Lipinski definition) is 5. The topological polar surface area (TPSA) is 68.5 Å². The molecule has 0 fully saturated rings. The molecule has 0 aromatic carbocycles. The molecule has 116 valence electrons. The quantitative estimate of drug-likeness (QED) is 0.745. The van der Waals surface area contributed by atoms with E-state index in [0.717, 1.165) is 5.76 Å². The molecule has 6 heteroatoms. The predicted octanol–water partition coefficient (Wildman–Crippen LogP) is 2.12. The number of hydrogen-bond donors (Lipinski definition) is 1. The highest BCUT2D eigenvalue weighted by Crippen LogP contribution is 2.13. The zero-order valence-electron chi connectivity index (χ0n) is 12.7. The summed E-state index contributed by atoms with van der Waals surface area (Å²) in [5.41, 5.74) is -0.000811. The Balaban J connectivity index is 2.51. The second kappa shape index (κ2) is 7.24. The summed E-state index contributed by atoms with van der Waals surface area (Å²) in [5, 5.41) is 3.30. The Morgan fingerprint density at radius 1 is 1.25 bits per heavy atom. The summed E-state index contributed by atoms with van der Waals surface area (Å²) >= 11 is 0. The van der Waals surface area contributed by atoms with E-state index in [1.54, 1.807) is 13.2 Å². The molecule has 1 N–H and O–H groups in total. The fraction of sp³-hybridized carbons (Fsp3) is 0.714. The lowest BCUT2D eigenvalue weighted by Gasteiger charge is -2.19. The summed E-state index contributed by atoms with van der Waals surface area (Å²) < 4.78 is 34.1. The molecule has 0 atom stereocenters. The molecule has 5 nitrogen and oxygen atoms in total. The second-order valence-corrected chi connectivity index (χ2v) is 8.09. The van der Waals surface area contributed by atoms with E-state index in [-0.39, 0.29) is 17.0 Å². The van der Waals surface area contributed by atoms with Crippen LogP contribution >= 0.6 is 0 Å². The molecule has 0 aliphatic heterocycles. The highest BCUT2D eigenvalue weighted by molar-refractivity contribution is 7.90. The van der Waals surface area contributed by atoms with Gasteiger partial charge in [-0.3, -0.25) is 0 Å². The van der Waals surface area contributed by atoms with Gasteiger partial charge >= 0.3 is 0 Å². The van der Waals surface area contributed by atoms with Gasteiger partial charge in [0.25, 0.3) is 0 Å². The van der Waals surface area contributed by atoms with Crippen LogP contribution in [-0.4, -0.2) is 33.4 Å². The summed E-state index contributed by atoms with van der Waals surface area (Å²) in [5.74, 6) is 1.32. The van der Waals surface area contributed by atoms with Crippen LogP contribution < -0.4 is 5.32 Å². The fourth-order valence-corrected chi connectivity index (χ4v) is 2.95. The lowest BCUT2D eigenvalue weighted by atomic mass is 10.1. The van der Waals surface area contributed by atoms with Crippen LogP contribution in [0.2, 0.25) is 0 Å². The van der Waals surface area contributed by atoms with Crippen LogP contribution in [0.1, 0.15) is 38.7 Å². The predicted molar refractivity (Wildman–Crippen MR) is 79.3 cm³/mol. The molecule has 0 aliphatic rings. The van der Waals surface area contributed by atoms with Crippen molar-refractivity contribution in [3.05, 3.63) is 23.7 Å². The molecule has 0 amide bonds. The first-order valence-corrected chi connectivity index (χ1v) is 8.56. The van der Waals surface area contributed by atoms with Crippen LogP contribution in [0.5, 0.6) is 0 Å². The summed E-state index contributed by atoms with van der Waals surface area (Å²) in [6.45, 7) is 7.25. The number of nitrogens with one attached hydrogen (secondary N) is 1. The number of rotatable bonds is 8. The van der Waals surface area contributed by atoms with Gasteiger partial charge in [-0.15, -0.1) is 0 Å². The molecule has 1 heterocycles. The summed E-state index contributed by atoms with van der Waals surface area (Å²) in [6.07, 6.45) is 0.512. The molecule has 0 saturated heterocycles. The molecular weight excluding hydrogens is 278 g/mol. The SMILES string of the molecule is COCCCS(=O)(=O)Cc1ccc(CNC(C)(C)C)o1. The largest absolute Gasteiger partial charge is 0.464 e. The van der Waals surface area contributed by atoms with Gasteiger partial charge in [0, 0.05) is 19.3 Å². The first kappa shape index (κ1) is 17.2. The Morgan fingerprint density at radius 2 is 1.90 bits per heavy atom. The maximum Gasteiger partial charge on any atom is 0.157 e. The smallest absolute Gasteiger partial charge is 0.157 e. The van der Waals surface area contributed by atoms with E-state index in [2.05, 4.69) is 26.1 Å². The molecule has 0 saturated carbocycles. The Labute approximate surface area is 121 Å². The van der Waals surface area contributed by atoms with Crippen molar-refractivity contribution in [3.63, 3.8) is 0 Å². The molecule has 0 spiro atoms. The van der Waals surface area contributed by atoms with Crippen molar-refractivity contribution in [1.82, 2.24) is 5.32 Å². The van der Waals surface area contributed by atoms with Gasteiger partial charge in [0.2, 0.25) is 0 Å². The summed E-state index contributed by atoms with van der Waals surface area (Å²) in [7, 11) is -1.57. The lowest BCUT2D eigenvalue weighted by molar-refractivity contribution is 0.199. The number of ether oxygens (including phenoxy) is 1. The maximum absolute atomic E-state index is 11.9. The Morgan fingerprint density at radius 3 is 2.50 bits per heavy atom. The molecule has 0 aliphatic carbocycles. The lowest BCUT2D eigenvalue weighted by Crippen LogP contribution is -2.34. The van der Waals surface area contributed by atoms with Crippen molar-refractivity contribution in [2.45, 2.75) is 45.0 Å². The zero-order chi connectivity index (χ0) is 15.2. The summed E-state index contributed by atoms with van der Waals surface area (Å²) in [6, 6.07) is 3.55. The molecule has 0 unspecified atom stereocenters. The molecule has 1 rings (SSSR count). The van der Waals surface area contributed by atoms with Gasteiger partial charge in [0.15, 0.2) is 9.84 Å².